The molecule has 1 aromatic carbocycles. The summed E-state index contributed by atoms with van der Waals surface area (Å²) in [7, 11) is 0. The number of benzene rings is 1. The Kier molecular flexibility index (Phi) is 5.01. The van der Waals surface area contributed by atoms with Crippen LogP contribution in [0.2, 0.25) is 0 Å². The Bertz CT molecular complexity index is 918. The molecule has 0 aliphatic heterocycles. The molecule has 3 aromatic rings. The van der Waals surface area contributed by atoms with Crippen molar-refractivity contribution in [3.8, 4) is 0 Å². The molecule has 24 heavy (non-hydrogen) atoms. The van der Waals surface area contributed by atoms with E-state index in [2.05, 4.69) is 15.3 Å². The van der Waals surface area contributed by atoms with Gasteiger partial charge in [-0.3, -0.25) is 9.59 Å². The van der Waals surface area contributed by atoms with E-state index in [1.165, 1.54) is 23.1 Å². The number of hydrogen-bond acceptors (Lipinski definition) is 5. The molecule has 124 valence electrons. The maximum Gasteiger partial charge on any atom is 0.260 e. The summed E-state index contributed by atoms with van der Waals surface area (Å²) in [5, 5.41) is 4.02. The first-order valence-electron chi connectivity index (χ1n) is 7.50. The lowest BCUT2D eigenvalue weighted by Crippen LogP contribution is -2.28. The van der Waals surface area contributed by atoms with E-state index < -0.39 is 0 Å². The number of thioether (sulfide) groups is 1. The molecule has 2 heterocycles. The summed E-state index contributed by atoms with van der Waals surface area (Å²) in [5.41, 5.74) is 0.891. The van der Waals surface area contributed by atoms with Gasteiger partial charge in [-0.1, -0.05) is 42.1 Å². The van der Waals surface area contributed by atoms with Crippen LogP contribution >= 0.6 is 23.1 Å². The van der Waals surface area contributed by atoms with E-state index in [9.17, 15) is 9.59 Å². The van der Waals surface area contributed by atoms with Gasteiger partial charge in [-0.05, 0) is 25.5 Å². The lowest BCUT2D eigenvalue weighted by molar-refractivity contribution is -0.119. The minimum atomic E-state index is -0.162. The van der Waals surface area contributed by atoms with Crippen LogP contribution in [-0.4, -0.2) is 21.6 Å². The third-order valence-electron chi connectivity index (χ3n) is 3.52. The highest BCUT2D eigenvalue weighted by Gasteiger charge is 2.12. The Morgan fingerprint density at radius 2 is 2.12 bits per heavy atom. The number of carbonyl (C=O) groups excluding carboxylic acids is 1. The Hall–Kier alpha value is -2.12. The third kappa shape index (κ3) is 3.85. The number of aromatic amines is 1. The summed E-state index contributed by atoms with van der Waals surface area (Å²) in [4.78, 5) is 33.0. The van der Waals surface area contributed by atoms with Gasteiger partial charge in [0.2, 0.25) is 5.91 Å². The van der Waals surface area contributed by atoms with Crippen molar-refractivity contribution >= 4 is 39.2 Å². The Balaban J connectivity index is 1.63. The fourth-order valence-electron chi connectivity index (χ4n) is 2.34. The van der Waals surface area contributed by atoms with Gasteiger partial charge < -0.3 is 10.3 Å². The van der Waals surface area contributed by atoms with Crippen molar-refractivity contribution in [1.29, 1.82) is 0 Å². The maximum absolute atomic E-state index is 12.1. The topological polar surface area (TPSA) is 74.8 Å². The van der Waals surface area contributed by atoms with Crippen molar-refractivity contribution in [3.63, 3.8) is 0 Å². The van der Waals surface area contributed by atoms with Crippen LogP contribution in [0.5, 0.6) is 0 Å². The molecular formula is C17H17N3O2S2. The van der Waals surface area contributed by atoms with Crippen LogP contribution in [0.4, 0.5) is 0 Å². The second-order valence-corrected chi connectivity index (χ2v) is 7.63. The summed E-state index contributed by atoms with van der Waals surface area (Å²) in [6.45, 7) is 3.88. The quantitative estimate of drug-likeness (QED) is 0.542. The lowest BCUT2D eigenvalue weighted by Gasteiger charge is -2.13. The zero-order chi connectivity index (χ0) is 17.1. The molecule has 2 N–H and O–H groups in total. The minimum Gasteiger partial charge on any atom is -0.349 e. The molecule has 1 amide bonds. The van der Waals surface area contributed by atoms with Gasteiger partial charge in [-0.15, -0.1) is 11.3 Å². The van der Waals surface area contributed by atoms with Gasteiger partial charge in [0.1, 0.15) is 4.83 Å². The number of H-pyrrole nitrogens is 1. The molecular weight excluding hydrogens is 342 g/mol. The van der Waals surface area contributed by atoms with Crippen molar-refractivity contribution in [2.45, 2.75) is 25.0 Å². The lowest BCUT2D eigenvalue weighted by atomic mass is 10.1. The van der Waals surface area contributed by atoms with Crippen LogP contribution in [0.3, 0.4) is 0 Å². The van der Waals surface area contributed by atoms with Crippen LogP contribution in [0.1, 0.15) is 23.4 Å². The number of fused-ring (bicyclic) bond motifs is 1. The van der Waals surface area contributed by atoms with E-state index in [4.69, 9.17) is 0 Å². The van der Waals surface area contributed by atoms with Crippen molar-refractivity contribution in [2.75, 3.05) is 5.75 Å². The maximum atomic E-state index is 12.1. The Labute approximate surface area is 147 Å². The molecule has 7 heteroatoms. The largest absolute Gasteiger partial charge is 0.349 e. The Morgan fingerprint density at radius 1 is 1.38 bits per heavy atom. The molecule has 5 nitrogen and oxygen atoms in total. The number of hydrogen-bond donors (Lipinski definition) is 2. The van der Waals surface area contributed by atoms with Crippen LogP contribution in [0.25, 0.3) is 10.2 Å². The van der Waals surface area contributed by atoms with Crippen LogP contribution in [0, 0.1) is 6.92 Å². The molecule has 0 bridgehead atoms. The molecule has 2 aromatic heterocycles. The van der Waals surface area contributed by atoms with Crippen LogP contribution in [0.15, 0.2) is 46.3 Å². The Morgan fingerprint density at radius 3 is 2.88 bits per heavy atom. The van der Waals surface area contributed by atoms with Crippen molar-refractivity contribution in [2.24, 2.45) is 0 Å². The first-order chi connectivity index (χ1) is 11.5. The van der Waals surface area contributed by atoms with Gasteiger partial charge in [0.25, 0.3) is 5.56 Å². The van der Waals surface area contributed by atoms with Gasteiger partial charge in [0.05, 0.1) is 17.2 Å². The van der Waals surface area contributed by atoms with E-state index in [0.29, 0.717) is 15.4 Å². The monoisotopic (exact) mass is 359 g/mol. The molecule has 0 fully saturated rings. The van der Waals surface area contributed by atoms with E-state index in [-0.39, 0.29) is 23.3 Å². The molecule has 0 saturated heterocycles. The number of nitrogens with one attached hydrogen (secondary N) is 2. The number of amides is 1. The highest BCUT2D eigenvalue weighted by molar-refractivity contribution is 7.99. The molecule has 3 rings (SSSR count). The van der Waals surface area contributed by atoms with Crippen molar-refractivity contribution in [1.82, 2.24) is 15.3 Å². The van der Waals surface area contributed by atoms with Gasteiger partial charge in [-0.25, -0.2) is 4.98 Å². The highest BCUT2D eigenvalue weighted by atomic mass is 32.2. The smallest absolute Gasteiger partial charge is 0.260 e. The molecule has 0 aliphatic carbocycles. The molecule has 0 aliphatic rings. The summed E-state index contributed by atoms with van der Waals surface area (Å²) >= 11 is 2.71. The summed E-state index contributed by atoms with van der Waals surface area (Å²) < 4.78 is 0. The molecule has 0 spiro atoms. The van der Waals surface area contributed by atoms with Crippen LogP contribution in [-0.2, 0) is 4.79 Å². The fraction of sp³-hybridized carbons (Fsp3) is 0.235. The first kappa shape index (κ1) is 16.7. The van der Waals surface area contributed by atoms with Gasteiger partial charge >= 0.3 is 0 Å². The third-order valence-corrected chi connectivity index (χ3v) is 5.34. The predicted octanol–water partition coefficient (Wildman–Crippen LogP) is 3.26. The van der Waals surface area contributed by atoms with E-state index >= 15 is 0 Å². The molecule has 1 atom stereocenters. The van der Waals surface area contributed by atoms with Gasteiger partial charge in [-0.2, -0.15) is 0 Å². The number of aromatic nitrogens is 2. The highest BCUT2D eigenvalue weighted by Crippen LogP contribution is 2.22. The number of carbonyl (C=O) groups is 1. The SMILES string of the molecule is Cc1cc2c(=O)[nH]c(SCC(=O)NC(C)c3ccccc3)nc2s1. The first-order valence-corrected chi connectivity index (χ1v) is 9.30. The molecule has 0 radical (unpaired) electrons. The number of rotatable bonds is 5. The fourth-order valence-corrected chi connectivity index (χ4v) is 3.95. The normalized spacial score (nSPS) is 12.2. The number of nitrogens with zero attached hydrogens (tertiary/aromatic N) is 1. The summed E-state index contributed by atoms with van der Waals surface area (Å²) in [5.74, 6) is 0.108. The summed E-state index contributed by atoms with van der Waals surface area (Å²) in [6, 6.07) is 11.6. The number of thiophene rings is 1. The average Bonchev–Trinajstić information content (AvgIpc) is 2.95. The second kappa shape index (κ2) is 7.19. The predicted molar refractivity (Wildman–Crippen MR) is 98.7 cm³/mol. The van der Waals surface area contributed by atoms with Gasteiger partial charge in [0.15, 0.2) is 5.16 Å². The van der Waals surface area contributed by atoms with Gasteiger partial charge in [0, 0.05) is 4.88 Å². The second-order valence-electron chi connectivity index (χ2n) is 5.44. The zero-order valence-corrected chi connectivity index (χ0v) is 15.0. The summed E-state index contributed by atoms with van der Waals surface area (Å²) in [6.07, 6.45) is 0. The minimum absolute atomic E-state index is 0.0614. The number of aryl methyl sites for hydroxylation is 1. The molecule has 1 unspecified atom stereocenters. The van der Waals surface area contributed by atoms with Crippen molar-refractivity contribution in [3.05, 3.63) is 57.2 Å². The van der Waals surface area contributed by atoms with E-state index in [0.717, 1.165) is 10.4 Å². The zero-order valence-electron chi connectivity index (χ0n) is 13.3. The van der Waals surface area contributed by atoms with E-state index in [1.807, 2.05) is 50.2 Å². The van der Waals surface area contributed by atoms with Crippen LogP contribution < -0.4 is 10.9 Å². The standard InChI is InChI=1S/C17H17N3O2S2/c1-10-8-13-15(22)19-17(20-16(13)24-10)23-9-14(21)18-11(2)12-6-4-3-5-7-12/h3-8,11H,9H2,1-2H3,(H,18,21)(H,19,20,22). The van der Waals surface area contributed by atoms with Crippen molar-refractivity contribution < 1.29 is 4.79 Å². The molecule has 0 saturated carbocycles. The van der Waals surface area contributed by atoms with E-state index in [1.54, 1.807) is 0 Å². The average molecular weight is 359 g/mol.